The fourth-order valence-corrected chi connectivity index (χ4v) is 2.98. The topological polar surface area (TPSA) is 37.9 Å². The number of aromatic amines is 1. The van der Waals surface area contributed by atoms with Crippen molar-refractivity contribution in [3.05, 3.63) is 84.9 Å². The Balaban J connectivity index is 1.85. The summed E-state index contributed by atoms with van der Waals surface area (Å²) in [5, 5.41) is 0. The number of hydrogen-bond acceptors (Lipinski definition) is 2. The van der Waals surface area contributed by atoms with Gasteiger partial charge in [-0.2, -0.15) is 0 Å². The first-order valence-electron chi connectivity index (χ1n) is 8.28. The molecule has 2 heterocycles. The van der Waals surface area contributed by atoms with Crippen molar-refractivity contribution in [3.63, 3.8) is 0 Å². The monoisotopic (exact) mass is 344 g/mol. The van der Waals surface area contributed by atoms with E-state index < -0.39 is 0 Å². The molecule has 26 heavy (non-hydrogen) atoms. The van der Waals surface area contributed by atoms with E-state index >= 15 is 0 Å². The Morgan fingerprint density at radius 1 is 0.808 bits per heavy atom. The second-order valence-corrected chi connectivity index (χ2v) is 5.94. The molecule has 0 aliphatic heterocycles. The number of benzene rings is 2. The fraction of sp³-hybridized carbons (Fsp3) is 0.0455. The lowest BCUT2D eigenvalue weighted by atomic mass is 10.0. The summed E-state index contributed by atoms with van der Waals surface area (Å²) in [7, 11) is 1.65. The number of ether oxygens (including phenoxy) is 1. The molecule has 0 aliphatic carbocycles. The van der Waals surface area contributed by atoms with E-state index in [1.54, 1.807) is 31.6 Å². The van der Waals surface area contributed by atoms with Crippen molar-refractivity contribution >= 4 is 0 Å². The number of pyridine rings is 1. The first-order valence-corrected chi connectivity index (χ1v) is 8.28. The standard InChI is InChI=1S/C22H17FN2O/c1-26-19-8-4-16(5-9-19)21-14-20(15-10-12-24-13-11-15)22(25-21)17-2-6-18(23)7-3-17/h2-14,25H,1H3. The van der Waals surface area contributed by atoms with E-state index in [1.807, 2.05) is 36.4 Å². The first-order chi connectivity index (χ1) is 12.7. The van der Waals surface area contributed by atoms with Gasteiger partial charge in [-0.1, -0.05) is 0 Å². The van der Waals surface area contributed by atoms with Crippen LogP contribution in [-0.2, 0) is 0 Å². The van der Waals surface area contributed by atoms with Crippen LogP contribution in [0.3, 0.4) is 0 Å². The first kappa shape index (κ1) is 16.1. The summed E-state index contributed by atoms with van der Waals surface area (Å²) in [6, 6.07) is 20.4. The van der Waals surface area contributed by atoms with Crippen molar-refractivity contribution in [2.24, 2.45) is 0 Å². The molecular formula is C22H17FN2O. The van der Waals surface area contributed by atoms with E-state index in [1.165, 1.54) is 12.1 Å². The highest BCUT2D eigenvalue weighted by molar-refractivity contribution is 5.85. The van der Waals surface area contributed by atoms with Crippen molar-refractivity contribution in [2.45, 2.75) is 0 Å². The average Bonchev–Trinajstić information content (AvgIpc) is 3.15. The summed E-state index contributed by atoms with van der Waals surface area (Å²) in [4.78, 5) is 7.58. The third kappa shape index (κ3) is 3.09. The van der Waals surface area contributed by atoms with Crippen LogP contribution in [-0.4, -0.2) is 17.1 Å². The van der Waals surface area contributed by atoms with Crippen molar-refractivity contribution in [1.29, 1.82) is 0 Å². The van der Waals surface area contributed by atoms with E-state index in [2.05, 4.69) is 16.0 Å². The Kier molecular flexibility index (Phi) is 4.23. The van der Waals surface area contributed by atoms with E-state index in [4.69, 9.17) is 4.74 Å². The van der Waals surface area contributed by atoms with Gasteiger partial charge >= 0.3 is 0 Å². The van der Waals surface area contributed by atoms with Crippen molar-refractivity contribution in [3.8, 4) is 39.4 Å². The molecule has 0 unspecified atom stereocenters. The van der Waals surface area contributed by atoms with Gasteiger partial charge in [-0.15, -0.1) is 0 Å². The van der Waals surface area contributed by atoms with Crippen LogP contribution in [0.4, 0.5) is 4.39 Å². The maximum Gasteiger partial charge on any atom is 0.123 e. The zero-order valence-electron chi connectivity index (χ0n) is 14.2. The van der Waals surface area contributed by atoms with Crippen LogP contribution < -0.4 is 4.74 Å². The molecule has 3 nitrogen and oxygen atoms in total. The molecule has 0 radical (unpaired) electrons. The number of rotatable bonds is 4. The van der Waals surface area contributed by atoms with Crippen LogP contribution in [0.25, 0.3) is 33.6 Å². The van der Waals surface area contributed by atoms with Crippen LogP contribution in [0.5, 0.6) is 5.75 Å². The van der Waals surface area contributed by atoms with E-state index in [0.717, 1.165) is 39.4 Å². The molecule has 4 aromatic rings. The van der Waals surface area contributed by atoms with Crippen molar-refractivity contribution < 1.29 is 9.13 Å². The Morgan fingerprint density at radius 2 is 1.46 bits per heavy atom. The highest BCUT2D eigenvalue weighted by atomic mass is 19.1. The SMILES string of the molecule is COc1ccc(-c2cc(-c3ccncc3)c(-c3ccc(F)cc3)[nH]2)cc1. The molecule has 4 rings (SSSR count). The minimum atomic E-state index is -0.249. The van der Waals surface area contributed by atoms with Gasteiger partial charge in [-0.05, 0) is 83.4 Å². The molecule has 1 N–H and O–H groups in total. The van der Waals surface area contributed by atoms with Gasteiger partial charge in [0.2, 0.25) is 0 Å². The van der Waals surface area contributed by atoms with Gasteiger partial charge in [-0.25, -0.2) is 4.39 Å². The number of aromatic nitrogens is 2. The zero-order valence-corrected chi connectivity index (χ0v) is 14.2. The number of methoxy groups -OCH3 is 1. The third-order valence-electron chi connectivity index (χ3n) is 4.34. The molecule has 0 aliphatic rings. The molecule has 0 saturated heterocycles. The molecule has 2 aromatic heterocycles. The van der Waals surface area contributed by atoms with Crippen LogP contribution >= 0.6 is 0 Å². The third-order valence-corrected chi connectivity index (χ3v) is 4.34. The predicted molar refractivity (Wildman–Crippen MR) is 101 cm³/mol. The van der Waals surface area contributed by atoms with Crippen LogP contribution in [0.15, 0.2) is 79.1 Å². The van der Waals surface area contributed by atoms with Gasteiger partial charge < -0.3 is 9.72 Å². The normalized spacial score (nSPS) is 10.7. The maximum atomic E-state index is 13.3. The summed E-state index contributed by atoms with van der Waals surface area (Å²) in [6.45, 7) is 0. The Morgan fingerprint density at radius 3 is 2.12 bits per heavy atom. The highest BCUT2D eigenvalue weighted by Crippen LogP contribution is 2.36. The van der Waals surface area contributed by atoms with Crippen LogP contribution in [0, 0.1) is 5.82 Å². The fourth-order valence-electron chi connectivity index (χ4n) is 2.98. The summed E-state index contributed by atoms with van der Waals surface area (Å²) in [5.74, 6) is 0.564. The lowest BCUT2D eigenvalue weighted by Gasteiger charge is -2.04. The zero-order chi connectivity index (χ0) is 17.9. The molecule has 0 saturated carbocycles. The molecule has 0 atom stereocenters. The van der Waals surface area contributed by atoms with Gasteiger partial charge in [0, 0.05) is 23.7 Å². The van der Waals surface area contributed by atoms with E-state index in [-0.39, 0.29) is 5.82 Å². The number of halogens is 1. The van der Waals surface area contributed by atoms with E-state index in [9.17, 15) is 4.39 Å². The quantitative estimate of drug-likeness (QED) is 0.526. The van der Waals surface area contributed by atoms with Gasteiger partial charge in [-0.3, -0.25) is 4.98 Å². The Labute approximate surface area is 151 Å². The molecular weight excluding hydrogens is 327 g/mol. The van der Waals surface area contributed by atoms with E-state index in [0.29, 0.717) is 0 Å². The second kappa shape index (κ2) is 6.84. The molecule has 0 fully saturated rings. The van der Waals surface area contributed by atoms with Crippen molar-refractivity contribution in [1.82, 2.24) is 9.97 Å². The molecule has 0 amide bonds. The summed E-state index contributed by atoms with van der Waals surface area (Å²) < 4.78 is 18.6. The predicted octanol–water partition coefficient (Wildman–Crippen LogP) is 5.56. The van der Waals surface area contributed by atoms with Gasteiger partial charge in [0.1, 0.15) is 11.6 Å². The van der Waals surface area contributed by atoms with Crippen LogP contribution in [0.1, 0.15) is 0 Å². The minimum Gasteiger partial charge on any atom is -0.497 e. The highest BCUT2D eigenvalue weighted by Gasteiger charge is 2.13. The summed E-state index contributed by atoms with van der Waals surface area (Å²) >= 11 is 0. The molecule has 0 bridgehead atoms. The summed E-state index contributed by atoms with van der Waals surface area (Å²) in [6.07, 6.45) is 3.54. The van der Waals surface area contributed by atoms with Gasteiger partial charge in [0.05, 0.1) is 12.8 Å². The summed E-state index contributed by atoms with van der Waals surface area (Å²) in [5.41, 5.74) is 6.01. The lowest BCUT2D eigenvalue weighted by Crippen LogP contribution is -1.84. The number of H-pyrrole nitrogens is 1. The van der Waals surface area contributed by atoms with Crippen molar-refractivity contribution in [2.75, 3.05) is 7.11 Å². The Bertz CT molecular complexity index is 1010. The number of nitrogens with one attached hydrogen (secondary N) is 1. The second-order valence-electron chi connectivity index (χ2n) is 5.94. The number of nitrogens with zero attached hydrogens (tertiary/aromatic N) is 1. The van der Waals surface area contributed by atoms with Gasteiger partial charge in [0.25, 0.3) is 0 Å². The molecule has 4 heteroatoms. The van der Waals surface area contributed by atoms with Gasteiger partial charge in [0.15, 0.2) is 0 Å². The maximum absolute atomic E-state index is 13.3. The lowest BCUT2D eigenvalue weighted by molar-refractivity contribution is 0.415. The van der Waals surface area contributed by atoms with Crippen LogP contribution in [0.2, 0.25) is 0 Å². The average molecular weight is 344 g/mol. The smallest absolute Gasteiger partial charge is 0.123 e. The number of hydrogen-bond donors (Lipinski definition) is 1. The molecule has 0 spiro atoms. The minimum absolute atomic E-state index is 0.249. The Hall–Kier alpha value is -3.40. The molecule has 2 aromatic carbocycles. The largest absolute Gasteiger partial charge is 0.497 e. The molecule has 128 valence electrons.